The lowest BCUT2D eigenvalue weighted by atomic mass is 10.1. The fraction of sp³-hybridized carbons (Fsp3) is 0.300. The fourth-order valence-electron chi connectivity index (χ4n) is 1.05. The molecule has 76 valence electrons. The van der Waals surface area contributed by atoms with Crippen molar-refractivity contribution >= 4 is 17.6 Å². The molecule has 3 nitrogen and oxygen atoms in total. The van der Waals surface area contributed by atoms with Crippen molar-refractivity contribution in [3.8, 4) is 0 Å². The van der Waals surface area contributed by atoms with Crippen LogP contribution >= 0.6 is 0 Å². The van der Waals surface area contributed by atoms with Crippen molar-refractivity contribution in [3.05, 3.63) is 35.4 Å². The predicted octanol–water partition coefficient (Wildman–Crippen LogP) is 1.22. The van der Waals surface area contributed by atoms with Gasteiger partial charge in [-0.1, -0.05) is 24.3 Å². The van der Waals surface area contributed by atoms with Gasteiger partial charge in [0.15, 0.2) is 0 Å². The van der Waals surface area contributed by atoms with Crippen LogP contribution in [0, 0.1) is 0 Å². The van der Waals surface area contributed by atoms with E-state index in [9.17, 15) is 9.35 Å². The summed E-state index contributed by atoms with van der Waals surface area (Å²) in [7, 11) is 1.80. The Labute approximate surface area is 87.0 Å². The number of carbonyl (C=O) groups excluding carboxylic acids is 1. The maximum atomic E-state index is 11.1. The molecule has 14 heavy (non-hydrogen) atoms. The molecule has 0 amide bonds. The van der Waals surface area contributed by atoms with Crippen molar-refractivity contribution in [2.24, 2.45) is 0 Å². The molecule has 0 aliphatic heterocycles. The summed E-state index contributed by atoms with van der Waals surface area (Å²) in [6, 6.07) is 7.25. The minimum Gasteiger partial charge on any atom is -0.598 e. The van der Waals surface area contributed by atoms with E-state index < -0.39 is 11.4 Å². The van der Waals surface area contributed by atoms with Gasteiger partial charge in [-0.15, -0.1) is 4.31 Å². The molecule has 0 radical (unpaired) electrons. The lowest BCUT2D eigenvalue weighted by Crippen LogP contribution is -2.24. The second kappa shape index (κ2) is 5.14. The van der Waals surface area contributed by atoms with Gasteiger partial charge in [0.2, 0.25) is 0 Å². The first-order chi connectivity index (χ1) is 6.63. The third kappa shape index (κ3) is 3.14. The van der Waals surface area contributed by atoms with E-state index in [1.165, 1.54) is 0 Å². The van der Waals surface area contributed by atoms with E-state index in [0.29, 0.717) is 12.1 Å². The number of benzene rings is 1. The Hall–Kier alpha value is -0.840. The third-order valence-electron chi connectivity index (χ3n) is 1.96. The average molecular weight is 211 g/mol. The van der Waals surface area contributed by atoms with Crippen LogP contribution in [0.2, 0.25) is 0 Å². The number of hydrogen-bond donors (Lipinski definition) is 0. The molecule has 0 fully saturated rings. The topological polar surface area (TPSA) is 43.4 Å². The van der Waals surface area contributed by atoms with Gasteiger partial charge in [0.05, 0.1) is 6.54 Å². The summed E-state index contributed by atoms with van der Waals surface area (Å²) in [6.07, 6.45) is 2.45. The highest BCUT2D eigenvalue weighted by Gasteiger charge is 2.08. The number of hydrogen-bond acceptors (Lipinski definition) is 3. The minimum absolute atomic E-state index is 0.627. The Balaban J connectivity index is 2.64. The van der Waals surface area contributed by atoms with E-state index in [0.717, 1.165) is 11.8 Å². The average Bonchev–Trinajstić information content (AvgIpc) is 2.19. The van der Waals surface area contributed by atoms with Crippen LogP contribution < -0.4 is 0 Å². The van der Waals surface area contributed by atoms with Gasteiger partial charge >= 0.3 is 0 Å². The molecule has 0 aliphatic rings. The Morgan fingerprint density at radius 1 is 1.43 bits per heavy atom. The molecular formula is C10H13NO2S. The van der Waals surface area contributed by atoms with Crippen molar-refractivity contribution in [2.75, 3.05) is 13.3 Å². The highest BCUT2D eigenvalue weighted by Crippen LogP contribution is 2.07. The number of rotatable bonds is 4. The maximum Gasteiger partial charge on any atom is 0.150 e. The van der Waals surface area contributed by atoms with Crippen LogP contribution in [-0.2, 0) is 17.9 Å². The molecule has 0 aromatic heterocycles. The molecule has 1 aromatic carbocycles. The first-order valence-corrected chi connectivity index (χ1v) is 5.74. The zero-order chi connectivity index (χ0) is 10.6. The van der Waals surface area contributed by atoms with Gasteiger partial charge in [0.1, 0.15) is 12.5 Å². The zero-order valence-electron chi connectivity index (χ0n) is 8.27. The molecule has 1 aromatic rings. The molecule has 0 saturated carbocycles. The van der Waals surface area contributed by atoms with Crippen LogP contribution in [0.1, 0.15) is 15.9 Å². The molecule has 0 aliphatic carbocycles. The number of nitrogens with zero attached hydrogens (tertiary/aromatic N) is 1. The second-order valence-corrected chi connectivity index (χ2v) is 4.54. The molecule has 0 N–H and O–H groups in total. The maximum absolute atomic E-state index is 11.1. The molecule has 0 saturated heterocycles. The molecule has 1 rings (SSSR count). The Morgan fingerprint density at radius 3 is 2.43 bits per heavy atom. The molecule has 1 unspecified atom stereocenters. The van der Waals surface area contributed by atoms with Crippen molar-refractivity contribution < 1.29 is 9.35 Å². The van der Waals surface area contributed by atoms with Crippen LogP contribution in [-0.4, -0.2) is 28.4 Å². The summed E-state index contributed by atoms with van der Waals surface area (Å²) in [5, 5.41) is 0. The van der Waals surface area contributed by atoms with Crippen molar-refractivity contribution in [3.63, 3.8) is 0 Å². The molecular weight excluding hydrogens is 198 g/mol. The fourth-order valence-corrected chi connectivity index (χ4v) is 1.38. The summed E-state index contributed by atoms with van der Waals surface area (Å²) >= 11 is -0.954. The van der Waals surface area contributed by atoms with Gasteiger partial charge in [-0.2, -0.15) is 0 Å². The highest BCUT2D eigenvalue weighted by atomic mass is 32.2. The SMILES string of the molecule is CN(Cc1ccc(C=O)cc1)[S+](C)[O-]. The third-order valence-corrected chi connectivity index (χ3v) is 2.97. The highest BCUT2D eigenvalue weighted by molar-refractivity contribution is 7.88. The second-order valence-electron chi connectivity index (χ2n) is 3.07. The van der Waals surface area contributed by atoms with E-state index in [1.54, 1.807) is 29.7 Å². The standard InChI is InChI=1S/C10H13NO2S/c1-11(14(2)13)7-9-3-5-10(8-12)6-4-9/h3-6,8H,7H2,1-2H3. The first kappa shape index (κ1) is 11.2. The monoisotopic (exact) mass is 211 g/mol. The quantitative estimate of drug-likeness (QED) is 0.555. The van der Waals surface area contributed by atoms with Gasteiger partial charge in [-0.05, 0) is 5.56 Å². The smallest absolute Gasteiger partial charge is 0.150 e. The van der Waals surface area contributed by atoms with Crippen molar-refractivity contribution in [2.45, 2.75) is 6.54 Å². The normalized spacial score (nSPS) is 12.9. The molecule has 0 bridgehead atoms. The zero-order valence-corrected chi connectivity index (χ0v) is 9.08. The lowest BCUT2D eigenvalue weighted by molar-refractivity contribution is 0.112. The molecule has 0 spiro atoms. The van der Waals surface area contributed by atoms with Gasteiger partial charge in [-0.25, -0.2) is 0 Å². The van der Waals surface area contributed by atoms with Crippen LogP contribution in [0.5, 0.6) is 0 Å². The number of aldehydes is 1. The van der Waals surface area contributed by atoms with Gasteiger partial charge in [0, 0.05) is 24.0 Å². The van der Waals surface area contributed by atoms with Gasteiger partial charge < -0.3 is 4.55 Å². The van der Waals surface area contributed by atoms with Gasteiger partial charge in [0.25, 0.3) is 0 Å². The van der Waals surface area contributed by atoms with E-state index in [-0.39, 0.29) is 0 Å². The summed E-state index contributed by atoms with van der Waals surface area (Å²) < 4.78 is 12.8. The molecule has 4 heteroatoms. The summed E-state index contributed by atoms with van der Waals surface area (Å²) in [5.41, 5.74) is 1.71. The van der Waals surface area contributed by atoms with Crippen LogP contribution in [0.15, 0.2) is 24.3 Å². The lowest BCUT2D eigenvalue weighted by Gasteiger charge is -2.16. The molecule has 0 heterocycles. The summed E-state index contributed by atoms with van der Waals surface area (Å²) in [4.78, 5) is 10.4. The van der Waals surface area contributed by atoms with E-state index in [1.807, 2.05) is 12.1 Å². The Bertz CT molecular complexity index is 297. The largest absolute Gasteiger partial charge is 0.598 e. The van der Waals surface area contributed by atoms with Crippen LogP contribution in [0.25, 0.3) is 0 Å². The predicted molar refractivity (Wildman–Crippen MR) is 57.4 cm³/mol. The summed E-state index contributed by atoms with van der Waals surface area (Å²) in [6.45, 7) is 0.627. The van der Waals surface area contributed by atoms with Crippen molar-refractivity contribution in [1.82, 2.24) is 4.31 Å². The minimum atomic E-state index is -0.954. The first-order valence-electron chi connectivity index (χ1n) is 4.22. The van der Waals surface area contributed by atoms with Crippen molar-refractivity contribution in [1.29, 1.82) is 0 Å². The van der Waals surface area contributed by atoms with E-state index >= 15 is 0 Å². The Morgan fingerprint density at radius 2 is 2.00 bits per heavy atom. The number of carbonyl (C=O) groups is 1. The van der Waals surface area contributed by atoms with Crippen LogP contribution in [0.4, 0.5) is 0 Å². The van der Waals surface area contributed by atoms with E-state index in [4.69, 9.17) is 0 Å². The van der Waals surface area contributed by atoms with Crippen LogP contribution in [0.3, 0.4) is 0 Å². The van der Waals surface area contributed by atoms with Gasteiger partial charge in [-0.3, -0.25) is 4.79 Å². The van der Waals surface area contributed by atoms with E-state index in [2.05, 4.69) is 0 Å². The summed E-state index contributed by atoms with van der Waals surface area (Å²) in [5.74, 6) is 0. The molecule has 1 atom stereocenters. The Kier molecular flexibility index (Phi) is 4.13.